The summed E-state index contributed by atoms with van der Waals surface area (Å²) in [6.07, 6.45) is 0.683. The molecule has 6 heteroatoms. The quantitative estimate of drug-likeness (QED) is 0.842. The van der Waals surface area contributed by atoms with E-state index in [0.29, 0.717) is 23.7 Å². The summed E-state index contributed by atoms with van der Waals surface area (Å²) in [5.74, 6) is 2.32. The summed E-state index contributed by atoms with van der Waals surface area (Å²) in [5.41, 5.74) is 0.626. The van der Waals surface area contributed by atoms with E-state index in [4.69, 9.17) is 18.9 Å². The van der Waals surface area contributed by atoms with Crippen molar-refractivity contribution in [1.82, 2.24) is 5.32 Å². The van der Waals surface area contributed by atoms with Crippen LogP contribution in [0.1, 0.15) is 31.9 Å². The number of methoxy groups -OCH3 is 2. The van der Waals surface area contributed by atoms with Crippen LogP contribution in [0.5, 0.6) is 23.0 Å². The third kappa shape index (κ3) is 4.64. The van der Waals surface area contributed by atoms with Gasteiger partial charge in [-0.25, -0.2) is 0 Å². The third-order valence-corrected chi connectivity index (χ3v) is 4.41. The topological polar surface area (TPSA) is 66.0 Å². The highest BCUT2D eigenvalue weighted by atomic mass is 16.5. The van der Waals surface area contributed by atoms with Gasteiger partial charge >= 0.3 is 0 Å². The molecule has 0 radical (unpaired) electrons. The van der Waals surface area contributed by atoms with Gasteiger partial charge in [0, 0.05) is 30.2 Å². The van der Waals surface area contributed by atoms with Crippen LogP contribution < -0.4 is 24.3 Å². The number of carbonyl (C=O) groups excluding carboxylic acids is 1. The van der Waals surface area contributed by atoms with Crippen molar-refractivity contribution in [2.45, 2.75) is 31.9 Å². The highest BCUT2D eigenvalue weighted by Gasteiger charge is 2.34. The molecular formula is C21H25NO5. The van der Waals surface area contributed by atoms with Gasteiger partial charge in [0.15, 0.2) is 6.61 Å². The lowest BCUT2D eigenvalue weighted by molar-refractivity contribution is -0.124. The van der Waals surface area contributed by atoms with E-state index in [1.807, 2.05) is 38.1 Å². The summed E-state index contributed by atoms with van der Waals surface area (Å²) >= 11 is 0. The van der Waals surface area contributed by atoms with Crippen LogP contribution in [0.15, 0.2) is 42.5 Å². The van der Waals surface area contributed by atoms with Gasteiger partial charge < -0.3 is 24.3 Å². The van der Waals surface area contributed by atoms with Gasteiger partial charge in [0.2, 0.25) is 0 Å². The average molecular weight is 371 g/mol. The Morgan fingerprint density at radius 2 is 1.74 bits per heavy atom. The number of nitrogens with one attached hydrogen (secondary N) is 1. The maximum Gasteiger partial charge on any atom is 0.258 e. The molecule has 1 N–H and O–H groups in total. The molecule has 0 aromatic heterocycles. The molecule has 0 saturated carbocycles. The van der Waals surface area contributed by atoms with Crippen LogP contribution in [-0.4, -0.2) is 32.3 Å². The van der Waals surface area contributed by atoms with Crippen LogP contribution in [0.4, 0.5) is 0 Å². The molecule has 6 nitrogen and oxygen atoms in total. The number of hydrogen-bond donors (Lipinski definition) is 1. The second kappa shape index (κ2) is 7.78. The van der Waals surface area contributed by atoms with E-state index in [9.17, 15) is 4.79 Å². The van der Waals surface area contributed by atoms with Gasteiger partial charge in [-0.15, -0.1) is 0 Å². The largest absolute Gasteiger partial charge is 0.496 e. The number of fused-ring (bicyclic) bond motifs is 1. The number of carbonyl (C=O) groups is 1. The minimum absolute atomic E-state index is 0.101. The Balaban J connectivity index is 1.66. The molecule has 2 aromatic rings. The zero-order valence-electron chi connectivity index (χ0n) is 16.1. The smallest absolute Gasteiger partial charge is 0.258 e. The Morgan fingerprint density at radius 1 is 1.11 bits per heavy atom. The molecule has 1 amide bonds. The van der Waals surface area contributed by atoms with Crippen LogP contribution >= 0.6 is 0 Å². The minimum atomic E-state index is -0.354. The van der Waals surface area contributed by atoms with Crippen LogP contribution in [0.3, 0.4) is 0 Å². The maximum absolute atomic E-state index is 12.5. The predicted octanol–water partition coefficient (Wildman–Crippen LogP) is 3.50. The summed E-state index contributed by atoms with van der Waals surface area (Å²) in [5, 5.41) is 3.05. The summed E-state index contributed by atoms with van der Waals surface area (Å²) in [6.45, 7) is 3.93. The Morgan fingerprint density at radius 3 is 2.41 bits per heavy atom. The molecule has 3 rings (SSSR count). The highest BCUT2D eigenvalue weighted by Crippen LogP contribution is 2.39. The van der Waals surface area contributed by atoms with Crippen molar-refractivity contribution in [3.05, 3.63) is 48.0 Å². The number of hydrogen-bond acceptors (Lipinski definition) is 5. The maximum atomic E-state index is 12.5. The van der Waals surface area contributed by atoms with Crippen molar-refractivity contribution in [2.24, 2.45) is 0 Å². The fourth-order valence-corrected chi connectivity index (χ4v) is 3.18. The molecule has 0 spiro atoms. The van der Waals surface area contributed by atoms with Gasteiger partial charge in [-0.3, -0.25) is 4.79 Å². The number of benzene rings is 2. The van der Waals surface area contributed by atoms with Crippen LogP contribution in [0.2, 0.25) is 0 Å². The van der Waals surface area contributed by atoms with E-state index in [0.717, 1.165) is 11.3 Å². The number of rotatable bonds is 6. The molecule has 2 aromatic carbocycles. The Bertz CT molecular complexity index is 796. The first-order chi connectivity index (χ1) is 12.9. The lowest BCUT2D eigenvalue weighted by atomic mass is 9.90. The Labute approximate surface area is 159 Å². The molecule has 144 valence electrons. The average Bonchev–Trinajstić information content (AvgIpc) is 2.65. The van der Waals surface area contributed by atoms with Crippen molar-refractivity contribution in [3.8, 4) is 23.0 Å². The third-order valence-electron chi connectivity index (χ3n) is 4.41. The normalized spacial score (nSPS) is 17.3. The molecular weight excluding hydrogens is 346 g/mol. The zero-order valence-corrected chi connectivity index (χ0v) is 16.1. The molecule has 1 atom stereocenters. The van der Waals surface area contributed by atoms with Crippen molar-refractivity contribution in [2.75, 3.05) is 20.8 Å². The van der Waals surface area contributed by atoms with Crippen LogP contribution in [0, 0.1) is 0 Å². The van der Waals surface area contributed by atoms with E-state index in [1.165, 1.54) is 0 Å². The fraction of sp³-hybridized carbons (Fsp3) is 0.381. The van der Waals surface area contributed by atoms with E-state index < -0.39 is 0 Å². The molecule has 1 unspecified atom stereocenters. The molecule has 0 fully saturated rings. The van der Waals surface area contributed by atoms with E-state index >= 15 is 0 Å². The molecule has 27 heavy (non-hydrogen) atoms. The summed E-state index contributed by atoms with van der Waals surface area (Å²) < 4.78 is 22.1. The standard InChI is InChI=1S/C21H25NO5/c1-21(2)12-18(17-7-5-6-8-19(17)27-21)22-20(23)13-26-16-10-14(24-3)9-15(11-16)25-4/h5-11,18H,12-13H2,1-4H3,(H,22,23). The zero-order chi connectivity index (χ0) is 19.4. The molecule has 1 heterocycles. The first kappa shape index (κ1) is 18.9. The van der Waals surface area contributed by atoms with Crippen molar-refractivity contribution in [3.63, 3.8) is 0 Å². The van der Waals surface area contributed by atoms with Gasteiger partial charge in [0.1, 0.15) is 28.6 Å². The van der Waals surface area contributed by atoms with Gasteiger partial charge in [0.05, 0.1) is 20.3 Å². The number of para-hydroxylation sites is 1. The molecule has 0 aliphatic carbocycles. The minimum Gasteiger partial charge on any atom is -0.496 e. The first-order valence-electron chi connectivity index (χ1n) is 8.83. The number of amides is 1. The predicted molar refractivity (Wildman–Crippen MR) is 102 cm³/mol. The number of ether oxygens (including phenoxy) is 4. The summed E-state index contributed by atoms with van der Waals surface area (Å²) in [7, 11) is 3.13. The fourth-order valence-electron chi connectivity index (χ4n) is 3.18. The van der Waals surface area contributed by atoms with E-state index in [-0.39, 0.29) is 24.2 Å². The lowest BCUT2D eigenvalue weighted by Gasteiger charge is -2.37. The van der Waals surface area contributed by atoms with Crippen LogP contribution in [-0.2, 0) is 4.79 Å². The van der Waals surface area contributed by atoms with Gasteiger partial charge in [0.25, 0.3) is 5.91 Å². The second-order valence-corrected chi connectivity index (χ2v) is 7.06. The monoisotopic (exact) mass is 371 g/mol. The molecule has 1 aliphatic heterocycles. The van der Waals surface area contributed by atoms with Crippen molar-refractivity contribution in [1.29, 1.82) is 0 Å². The Hall–Kier alpha value is -2.89. The van der Waals surface area contributed by atoms with Crippen LogP contribution in [0.25, 0.3) is 0 Å². The van der Waals surface area contributed by atoms with Crippen molar-refractivity contribution < 1.29 is 23.7 Å². The van der Waals surface area contributed by atoms with Gasteiger partial charge in [-0.05, 0) is 19.9 Å². The summed E-state index contributed by atoms with van der Waals surface area (Å²) in [6, 6.07) is 12.8. The lowest BCUT2D eigenvalue weighted by Crippen LogP contribution is -2.42. The second-order valence-electron chi connectivity index (χ2n) is 7.06. The SMILES string of the molecule is COc1cc(OC)cc(OCC(=O)NC2CC(C)(C)Oc3ccccc32)c1. The molecule has 0 saturated heterocycles. The first-order valence-corrected chi connectivity index (χ1v) is 8.83. The van der Waals surface area contributed by atoms with E-state index in [2.05, 4.69) is 5.32 Å². The molecule has 1 aliphatic rings. The Kier molecular flexibility index (Phi) is 5.44. The van der Waals surface area contributed by atoms with Crippen molar-refractivity contribution >= 4 is 5.91 Å². The van der Waals surface area contributed by atoms with E-state index in [1.54, 1.807) is 32.4 Å². The van der Waals surface area contributed by atoms with Gasteiger partial charge in [-0.1, -0.05) is 18.2 Å². The molecule has 0 bridgehead atoms. The van der Waals surface area contributed by atoms with Gasteiger partial charge in [-0.2, -0.15) is 0 Å². The highest BCUT2D eigenvalue weighted by molar-refractivity contribution is 5.78. The summed E-state index contributed by atoms with van der Waals surface area (Å²) in [4.78, 5) is 12.5.